The molecule has 1 aromatic carbocycles. The van der Waals surface area contributed by atoms with E-state index in [1.54, 1.807) is 24.3 Å². The minimum absolute atomic E-state index is 0.0666. The van der Waals surface area contributed by atoms with E-state index in [0.29, 0.717) is 5.75 Å². The molecule has 0 aromatic heterocycles. The quantitative estimate of drug-likeness (QED) is 0.392. The van der Waals surface area contributed by atoms with E-state index in [-0.39, 0.29) is 30.0 Å². The highest BCUT2D eigenvalue weighted by molar-refractivity contribution is 8.00. The fraction of sp³-hybridized carbons (Fsp3) is 0.444. The number of hydrogen-bond acceptors (Lipinski definition) is 9. The lowest BCUT2D eigenvalue weighted by Crippen LogP contribution is -2.50. The van der Waals surface area contributed by atoms with Crippen molar-refractivity contribution in [3.05, 3.63) is 29.8 Å². The number of nitrogens with zero attached hydrogens (tertiary/aromatic N) is 1. The zero-order valence-corrected chi connectivity index (χ0v) is 16.5. The van der Waals surface area contributed by atoms with Crippen LogP contribution in [0.15, 0.2) is 24.3 Å². The Balaban J connectivity index is 2.16. The van der Waals surface area contributed by atoms with Crippen LogP contribution in [0.4, 0.5) is 0 Å². The first-order valence-corrected chi connectivity index (χ1v) is 9.36. The van der Waals surface area contributed by atoms with Gasteiger partial charge in [0, 0.05) is 19.9 Å². The van der Waals surface area contributed by atoms with Crippen LogP contribution in [0.2, 0.25) is 0 Å². The molecule has 1 aromatic rings. The maximum absolute atomic E-state index is 12.3. The molecule has 0 spiro atoms. The third kappa shape index (κ3) is 4.63. The second-order valence-corrected chi connectivity index (χ2v) is 7.08. The summed E-state index contributed by atoms with van der Waals surface area (Å²) in [7, 11) is 2.08. The Morgan fingerprint density at radius 2 is 1.75 bits per heavy atom. The molecule has 1 unspecified atom stereocenters. The molecule has 0 radical (unpaired) electrons. The number of ether oxygens (including phenoxy) is 3. The van der Waals surface area contributed by atoms with Crippen molar-refractivity contribution in [2.75, 3.05) is 26.5 Å². The van der Waals surface area contributed by atoms with Gasteiger partial charge in [-0.15, -0.1) is 11.8 Å². The maximum Gasteiger partial charge on any atom is 0.349 e. The highest BCUT2D eigenvalue weighted by Gasteiger charge is 2.48. The summed E-state index contributed by atoms with van der Waals surface area (Å²) in [5.41, 5.74) is -1.73. The second kappa shape index (κ2) is 9.07. The normalized spacial score (nSPS) is 16.6. The van der Waals surface area contributed by atoms with Gasteiger partial charge in [-0.05, 0) is 17.7 Å². The topological polar surface area (TPSA) is 119 Å². The Kier molecular flexibility index (Phi) is 7.03. The number of methoxy groups -OCH3 is 2. The molecule has 10 heteroatoms. The van der Waals surface area contributed by atoms with Crippen LogP contribution in [0.25, 0.3) is 0 Å². The Morgan fingerprint density at radius 1 is 1.18 bits per heavy atom. The van der Waals surface area contributed by atoms with Crippen molar-refractivity contribution in [2.24, 2.45) is 0 Å². The largest absolute Gasteiger partial charge is 0.466 e. The van der Waals surface area contributed by atoms with E-state index < -0.39 is 23.5 Å². The Bertz CT molecular complexity index is 747. The first-order chi connectivity index (χ1) is 13.2. The molecule has 0 aliphatic carbocycles. The molecule has 0 bridgehead atoms. The molecule has 1 aliphatic rings. The van der Waals surface area contributed by atoms with Gasteiger partial charge in [-0.2, -0.15) is 0 Å². The van der Waals surface area contributed by atoms with E-state index in [9.17, 15) is 24.3 Å². The van der Waals surface area contributed by atoms with Crippen LogP contribution >= 0.6 is 11.8 Å². The Morgan fingerprint density at radius 3 is 2.25 bits per heavy atom. The van der Waals surface area contributed by atoms with Gasteiger partial charge in [-0.25, -0.2) is 9.59 Å². The highest BCUT2D eigenvalue weighted by Crippen LogP contribution is 2.39. The molecular weight excluding hydrogens is 390 g/mol. The zero-order chi connectivity index (χ0) is 20.9. The molecule has 1 fully saturated rings. The second-order valence-electron chi connectivity index (χ2n) is 6.01. The number of benzene rings is 1. The molecule has 2 rings (SSSR count). The van der Waals surface area contributed by atoms with Crippen LogP contribution in [0, 0.1) is 0 Å². The maximum atomic E-state index is 12.3. The summed E-state index contributed by atoms with van der Waals surface area (Å²) in [6.07, 6.45) is -0.374. The monoisotopic (exact) mass is 411 g/mol. The third-order valence-electron chi connectivity index (χ3n) is 4.16. The number of esters is 3. The highest BCUT2D eigenvalue weighted by atomic mass is 32.2. The van der Waals surface area contributed by atoms with Crippen LogP contribution in [0.5, 0.6) is 5.75 Å². The van der Waals surface area contributed by atoms with Gasteiger partial charge < -0.3 is 24.2 Å². The predicted octanol–water partition coefficient (Wildman–Crippen LogP) is 0.653. The minimum atomic E-state index is -2.50. The minimum Gasteiger partial charge on any atom is -0.466 e. The Hall–Kier alpha value is -2.59. The lowest BCUT2D eigenvalue weighted by Gasteiger charge is -2.28. The summed E-state index contributed by atoms with van der Waals surface area (Å²) >= 11 is 1.36. The smallest absolute Gasteiger partial charge is 0.349 e. The first-order valence-electron chi connectivity index (χ1n) is 8.31. The van der Waals surface area contributed by atoms with Gasteiger partial charge in [-0.1, -0.05) is 12.1 Å². The van der Waals surface area contributed by atoms with Crippen molar-refractivity contribution in [3.63, 3.8) is 0 Å². The number of carbonyl (C=O) groups excluding carboxylic acids is 4. The van der Waals surface area contributed by atoms with Crippen molar-refractivity contribution < 1.29 is 38.5 Å². The summed E-state index contributed by atoms with van der Waals surface area (Å²) in [4.78, 5) is 48.5. The van der Waals surface area contributed by atoms with Gasteiger partial charge in [0.25, 0.3) is 5.60 Å². The number of amides is 1. The van der Waals surface area contributed by atoms with E-state index in [4.69, 9.17) is 4.74 Å². The van der Waals surface area contributed by atoms with E-state index in [1.807, 2.05) is 0 Å². The van der Waals surface area contributed by atoms with Crippen molar-refractivity contribution >= 4 is 35.6 Å². The summed E-state index contributed by atoms with van der Waals surface area (Å²) in [5.74, 6) is -2.35. The summed E-state index contributed by atoms with van der Waals surface area (Å²) in [6, 6.07) is 6.65. The number of thioether (sulfide) groups is 1. The fourth-order valence-corrected chi connectivity index (χ4v) is 3.96. The van der Waals surface area contributed by atoms with Crippen LogP contribution in [0.1, 0.15) is 24.3 Å². The number of rotatable bonds is 7. The molecule has 9 nitrogen and oxygen atoms in total. The lowest BCUT2D eigenvalue weighted by atomic mass is 9.99. The van der Waals surface area contributed by atoms with Crippen molar-refractivity contribution in [3.8, 4) is 5.75 Å². The van der Waals surface area contributed by atoms with Crippen LogP contribution < -0.4 is 4.74 Å². The van der Waals surface area contributed by atoms with Gasteiger partial charge in [-0.3, -0.25) is 9.59 Å². The summed E-state index contributed by atoms with van der Waals surface area (Å²) in [5, 5.41) is 10.1. The van der Waals surface area contributed by atoms with Gasteiger partial charge in [0.15, 0.2) is 0 Å². The van der Waals surface area contributed by atoms with Crippen LogP contribution in [0.3, 0.4) is 0 Å². The molecule has 28 heavy (non-hydrogen) atoms. The van der Waals surface area contributed by atoms with Crippen molar-refractivity contribution in [2.45, 2.75) is 24.3 Å². The van der Waals surface area contributed by atoms with Crippen LogP contribution in [-0.4, -0.2) is 65.9 Å². The van der Waals surface area contributed by atoms with Crippen molar-refractivity contribution in [1.29, 1.82) is 0 Å². The standard InChI is InChI=1S/C18H21NO8S/c1-11(20)27-13-6-4-12(5-7-13)15-19(14(21)10-28-15)9-8-18(24,16(22)25-2)17(23)26-3/h4-7,15,24H,8-10H2,1-3H3. The molecule has 1 saturated heterocycles. The van der Waals surface area contributed by atoms with Crippen molar-refractivity contribution in [1.82, 2.24) is 4.90 Å². The van der Waals surface area contributed by atoms with Crippen LogP contribution in [-0.2, 0) is 28.7 Å². The predicted molar refractivity (Wildman–Crippen MR) is 98.3 cm³/mol. The number of hydrogen-bond donors (Lipinski definition) is 1. The summed E-state index contributed by atoms with van der Waals surface area (Å²) in [6.45, 7) is 1.23. The summed E-state index contributed by atoms with van der Waals surface area (Å²) < 4.78 is 14.0. The van der Waals surface area contributed by atoms with Gasteiger partial charge in [0.2, 0.25) is 5.91 Å². The van der Waals surface area contributed by atoms with E-state index in [2.05, 4.69) is 9.47 Å². The molecule has 0 saturated carbocycles. The average Bonchev–Trinajstić information content (AvgIpc) is 3.05. The number of carbonyl (C=O) groups is 4. The third-order valence-corrected chi connectivity index (χ3v) is 5.41. The SMILES string of the molecule is COC(=O)C(O)(CCN1C(=O)CSC1c1ccc(OC(C)=O)cc1)C(=O)OC. The molecule has 1 heterocycles. The van der Waals surface area contributed by atoms with E-state index in [1.165, 1.54) is 23.6 Å². The molecule has 1 atom stereocenters. The molecule has 1 aliphatic heterocycles. The zero-order valence-electron chi connectivity index (χ0n) is 15.7. The van der Waals surface area contributed by atoms with Gasteiger partial charge >= 0.3 is 17.9 Å². The molecule has 1 amide bonds. The average molecular weight is 411 g/mol. The van der Waals surface area contributed by atoms with E-state index >= 15 is 0 Å². The first kappa shape index (κ1) is 21.7. The van der Waals surface area contributed by atoms with E-state index in [0.717, 1.165) is 19.8 Å². The molecule has 152 valence electrons. The van der Waals surface area contributed by atoms with Gasteiger partial charge in [0.1, 0.15) is 11.1 Å². The lowest BCUT2D eigenvalue weighted by molar-refractivity contribution is -0.181. The fourth-order valence-electron chi connectivity index (χ4n) is 2.75. The Labute approximate surface area is 165 Å². The molecular formula is C18H21NO8S. The van der Waals surface area contributed by atoms with Gasteiger partial charge in [0.05, 0.1) is 20.0 Å². The molecule has 1 N–H and O–H groups in total. The number of aliphatic hydroxyl groups is 1.